The van der Waals surface area contributed by atoms with Gasteiger partial charge in [0.2, 0.25) is 17.7 Å². The fraction of sp³-hybridized carbons (Fsp3) is 0.571. The molecule has 3 heterocycles. The number of nitrogens with one attached hydrogen (secondary N) is 2. The Balaban J connectivity index is 1.81. The van der Waals surface area contributed by atoms with Crippen LogP contribution in [-0.4, -0.2) is 60.1 Å². The van der Waals surface area contributed by atoms with E-state index in [4.69, 9.17) is 4.74 Å². The van der Waals surface area contributed by atoms with Gasteiger partial charge in [-0.15, -0.1) is 0 Å². The Hall–Kier alpha value is -2.29. The van der Waals surface area contributed by atoms with Crippen LogP contribution in [0.2, 0.25) is 0 Å². The molecular formula is C21H27N3O5. The molecular weight excluding hydrogens is 374 g/mol. The smallest absolute Gasteiger partial charge is 0.250 e. The average Bonchev–Trinajstić information content (AvgIpc) is 3.28. The van der Waals surface area contributed by atoms with Crippen molar-refractivity contribution in [1.29, 1.82) is 0 Å². The fourth-order valence-corrected chi connectivity index (χ4v) is 5.06. The van der Waals surface area contributed by atoms with Crippen molar-refractivity contribution >= 4 is 23.4 Å². The van der Waals surface area contributed by atoms with E-state index in [2.05, 4.69) is 10.6 Å². The van der Waals surface area contributed by atoms with Crippen LogP contribution in [0, 0.1) is 11.8 Å². The molecule has 8 nitrogen and oxygen atoms in total. The molecule has 3 aliphatic rings. The van der Waals surface area contributed by atoms with Gasteiger partial charge in [-0.25, -0.2) is 0 Å². The summed E-state index contributed by atoms with van der Waals surface area (Å²) >= 11 is 0. The number of aliphatic hydroxyl groups excluding tert-OH is 1. The monoisotopic (exact) mass is 401 g/mol. The summed E-state index contributed by atoms with van der Waals surface area (Å²) in [7, 11) is 1.57. The van der Waals surface area contributed by atoms with Crippen molar-refractivity contribution in [2.45, 2.75) is 44.4 Å². The first-order chi connectivity index (χ1) is 13.9. The van der Waals surface area contributed by atoms with Crippen LogP contribution in [-0.2, 0) is 31.1 Å². The highest BCUT2D eigenvalue weighted by molar-refractivity contribution is 6.15. The quantitative estimate of drug-likeness (QED) is 0.470. The molecule has 3 aliphatic heterocycles. The third-order valence-electron chi connectivity index (χ3n) is 6.46. The number of aliphatic hydroxyl groups is 1. The number of anilines is 1. The molecule has 29 heavy (non-hydrogen) atoms. The Morgan fingerprint density at radius 2 is 2.03 bits per heavy atom. The van der Waals surface area contributed by atoms with Gasteiger partial charge >= 0.3 is 0 Å². The van der Waals surface area contributed by atoms with E-state index in [1.54, 1.807) is 14.0 Å². The highest BCUT2D eigenvalue weighted by Crippen LogP contribution is 2.53. The maximum absolute atomic E-state index is 13.4. The summed E-state index contributed by atoms with van der Waals surface area (Å²) in [6.07, 6.45) is 0.404. The van der Waals surface area contributed by atoms with Gasteiger partial charge in [-0.3, -0.25) is 24.6 Å². The van der Waals surface area contributed by atoms with Crippen molar-refractivity contribution in [3.63, 3.8) is 0 Å². The molecule has 1 aromatic rings. The van der Waals surface area contributed by atoms with Crippen molar-refractivity contribution in [3.8, 4) is 0 Å². The lowest BCUT2D eigenvalue weighted by Gasteiger charge is -2.30. The van der Waals surface area contributed by atoms with E-state index in [0.717, 1.165) is 12.0 Å². The fourth-order valence-electron chi connectivity index (χ4n) is 5.06. The van der Waals surface area contributed by atoms with Gasteiger partial charge in [0.25, 0.3) is 0 Å². The van der Waals surface area contributed by atoms with E-state index in [-0.39, 0.29) is 24.3 Å². The number of amides is 3. The van der Waals surface area contributed by atoms with Crippen LogP contribution in [0.25, 0.3) is 0 Å². The van der Waals surface area contributed by atoms with Crippen LogP contribution in [0.3, 0.4) is 0 Å². The van der Waals surface area contributed by atoms with E-state index >= 15 is 0 Å². The van der Waals surface area contributed by atoms with Crippen molar-refractivity contribution < 1.29 is 24.2 Å². The maximum atomic E-state index is 13.4. The zero-order valence-corrected chi connectivity index (χ0v) is 16.9. The minimum absolute atomic E-state index is 0.241. The van der Waals surface area contributed by atoms with Crippen molar-refractivity contribution in [1.82, 2.24) is 10.2 Å². The summed E-state index contributed by atoms with van der Waals surface area (Å²) in [6.45, 7) is 4.27. The number of carbonyl (C=O) groups is 3. The van der Waals surface area contributed by atoms with Gasteiger partial charge in [-0.1, -0.05) is 19.1 Å². The molecule has 3 amide bonds. The first-order valence-corrected chi connectivity index (χ1v) is 10.1. The number of methoxy groups -OCH3 is 1. The van der Waals surface area contributed by atoms with Gasteiger partial charge in [0, 0.05) is 37.6 Å². The summed E-state index contributed by atoms with van der Waals surface area (Å²) in [6, 6.07) is 5.01. The zero-order valence-electron chi connectivity index (χ0n) is 16.9. The highest BCUT2D eigenvalue weighted by atomic mass is 16.5. The second-order valence-electron chi connectivity index (χ2n) is 8.08. The molecule has 0 aromatic heterocycles. The number of hydrogen-bond donors (Lipinski definition) is 3. The standard InChI is InChI=1S/C21H27N3O5/c1-4-12-6-7-14-13(10-12)21(20(28)22-14)16-15(17(23-21)11(2)25)18(26)24(19(16)27)8-5-9-29-3/h6-7,10-11,15-17,23,25H,4-5,8-9H2,1-3H3,(H,22,28)/t11-,15+,16+,17-,21-/m1/s1. The molecule has 2 saturated heterocycles. The van der Waals surface area contributed by atoms with Crippen LogP contribution < -0.4 is 10.6 Å². The van der Waals surface area contributed by atoms with Crippen LogP contribution in [0.15, 0.2) is 18.2 Å². The lowest BCUT2D eigenvalue weighted by Crippen LogP contribution is -2.54. The number of rotatable bonds is 6. The average molecular weight is 401 g/mol. The largest absolute Gasteiger partial charge is 0.392 e. The Labute approximate surface area is 169 Å². The molecule has 4 rings (SSSR count). The van der Waals surface area contributed by atoms with Crippen LogP contribution in [0.1, 0.15) is 31.4 Å². The molecule has 1 spiro atoms. The molecule has 2 fully saturated rings. The third-order valence-corrected chi connectivity index (χ3v) is 6.46. The number of hydrogen-bond acceptors (Lipinski definition) is 6. The van der Waals surface area contributed by atoms with Crippen molar-refractivity contribution in [2.75, 3.05) is 25.6 Å². The Morgan fingerprint density at radius 1 is 1.28 bits per heavy atom. The highest BCUT2D eigenvalue weighted by Gasteiger charge is 2.70. The van der Waals surface area contributed by atoms with E-state index in [1.165, 1.54) is 4.90 Å². The number of carbonyl (C=O) groups excluding carboxylic acids is 3. The lowest BCUT2D eigenvalue weighted by molar-refractivity contribution is -0.143. The van der Waals surface area contributed by atoms with Crippen LogP contribution in [0.4, 0.5) is 5.69 Å². The third kappa shape index (κ3) is 2.73. The number of aryl methyl sites for hydroxylation is 1. The summed E-state index contributed by atoms with van der Waals surface area (Å²) in [4.78, 5) is 41.0. The van der Waals surface area contributed by atoms with Crippen LogP contribution in [0.5, 0.6) is 0 Å². The van der Waals surface area contributed by atoms with Gasteiger partial charge in [0.1, 0.15) is 5.54 Å². The van der Waals surface area contributed by atoms with E-state index in [9.17, 15) is 19.5 Å². The molecule has 0 unspecified atom stereocenters. The van der Waals surface area contributed by atoms with Gasteiger partial charge < -0.3 is 15.2 Å². The van der Waals surface area contributed by atoms with Gasteiger partial charge in [0.15, 0.2) is 0 Å². The number of imide groups is 1. The first-order valence-electron chi connectivity index (χ1n) is 10.1. The number of likely N-dealkylation sites (tertiary alicyclic amines) is 1. The number of benzene rings is 1. The lowest BCUT2D eigenvalue weighted by atomic mass is 9.76. The zero-order chi connectivity index (χ0) is 20.9. The van der Waals surface area contributed by atoms with E-state index < -0.39 is 29.5 Å². The second-order valence-corrected chi connectivity index (χ2v) is 8.08. The molecule has 156 valence electrons. The van der Waals surface area contributed by atoms with Gasteiger partial charge in [-0.05, 0) is 31.4 Å². The molecule has 0 aliphatic carbocycles. The summed E-state index contributed by atoms with van der Waals surface area (Å²) in [5, 5.41) is 16.5. The minimum atomic E-state index is -1.35. The normalized spacial score (nSPS) is 31.4. The van der Waals surface area contributed by atoms with Crippen LogP contribution >= 0.6 is 0 Å². The topological polar surface area (TPSA) is 108 Å². The Kier molecular flexibility index (Phi) is 4.96. The molecule has 0 bridgehead atoms. The van der Waals surface area contributed by atoms with Crippen molar-refractivity contribution in [3.05, 3.63) is 29.3 Å². The van der Waals surface area contributed by atoms with Gasteiger partial charge in [-0.2, -0.15) is 0 Å². The molecule has 0 saturated carbocycles. The minimum Gasteiger partial charge on any atom is -0.392 e. The maximum Gasteiger partial charge on any atom is 0.250 e. The number of ether oxygens (including phenoxy) is 1. The van der Waals surface area contributed by atoms with E-state index in [0.29, 0.717) is 24.3 Å². The molecule has 8 heteroatoms. The Morgan fingerprint density at radius 3 is 2.69 bits per heavy atom. The summed E-state index contributed by atoms with van der Waals surface area (Å²) in [5.74, 6) is -2.72. The molecule has 0 radical (unpaired) electrons. The first kappa shape index (κ1) is 20.0. The number of nitrogens with zero attached hydrogens (tertiary/aromatic N) is 1. The predicted octanol–water partition coefficient (Wildman–Crippen LogP) is 0.387. The summed E-state index contributed by atoms with van der Waals surface area (Å²) < 4.78 is 5.04. The molecule has 5 atom stereocenters. The second kappa shape index (κ2) is 7.19. The molecule has 1 aromatic carbocycles. The SMILES string of the molecule is CCc1ccc2c(c1)[C@]1(N[C@H]([C@@H](C)O)[C@H]3C(=O)N(CCCOC)C(=O)[C@H]31)C(=O)N2. The molecule has 3 N–H and O–H groups in total. The van der Waals surface area contributed by atoms with E-state index in [1.807, 2.05) is 25.1 Å². The Bertz CT molecular complexity index is 870. The van der Waals surface area contributed by atoms with Gasteiger partial charge in [0.05, 0.1) is 17.9 Å². The predicted molar refractivity (Wildman–Crippen MR) is 105 cm³/mol. The number of fused-ring (bicyclic) bond motifs is 4. The van der Waals surface area contributed by atoms with Crippen molar-refractivity contribution in [2.24, 2.45) is 11.8 Å². The summed E-state index contributed by atoms with van der Waals surface area (Å²) in [5.41, 5.74) is 1.00.